The number of hydrogen-bond donors (Lipinski definition) is 1. The first kappa shape index (κ1) is 19.1. The van der Waals surface area contributed by atoms with Crippen LogP contribution >= 0.6 is 0 Å². The van der Waals surface area contributed by atoms with Gasteiger partial charge in [0.15, 0.2) is 0 Å². The summed E-state index contributed by atoms with van der Waals surface area (Å²) in [6.07, 6.45) is 1.73. The molecular formula is C20H27N5O2. The van der Waals surface area contributed by atoms with E-state index in [9.17, 15) is 4.79 Å². The fraction of sp³-hybridized carbons (Fsp3) is 0.450. The van der Waals surface area contributed by atoms with Crippen molar-refractivity contribution in [1.82, 2.24) is 20.2 Å². The first-order valence-corrected chi connectivity index (χ1v) is 9.25. The molecule has 3 rings (SSSR count). The molecule has 1 aromatic carbocycles. The zero-order chi connectivity index (χ0) is 19.2. The Balaban J connectivity index is 1.52. The Kier molecular flexibility index (Phi) is 6.24. The number of carbonyl (C=O) groups excluding carboxylic acids is 1. The summed E-state index contributed by atoms with van der Waals surface area (Å²) in [7, 11) is 1.62. The Morgan fingerprint density at radius 1 is 1.19 bits per heavy atom. The lowest BCUT2D eigenvalue weighted by Crippen LogP contribution is -2.46. The van der Waals surface area contributed by atoms with Crippen molar-refractivity contribution in [3.05, 3.63) is 47.7 Å². The molecule has 0 saturated carbocycles. The van der Waals surface area contributed by atoms with E-state index in [-0.39, 0.29) is 11.9 Å². The largest absolute Gasteiger partial charge is 0.481 e. The van der Waals surface area contributed by atoms with Gasteiger partial charge in [-0.1, -0.05) is 24.3 Å². The maximum Gasteiger partial charge on any atom is 0.228 e. The highest BCUT2D eigenvalue weighted by molar-refractivity contribution is 5.73. The highest BCUT2D eigenvalue weighted by atomic mass is 16.5. The Bertz CT molecular complexity index is 757. The number of amides is 1. The molecule has 1 saturated heterocycles. The van der Waals surface area contributed by atoms with Crippen LogP contribution in [0.5, 0.6) is 5.88 Å². The maximum atomic E-state index is 11.2. The predicted molar refractivity (Wildman–Crippen MR) is 105 cm³/mol. The van der Waals surface area contributed by atoms with Crippen molar-refractivity contribution in [1.29, 1.82) is 0 Å². The second kappa shape index (κ2) is 8.81. The zero-order valence-corrected chi connectivity index (χ0v) is 16.2. The third kappa shape index (κ3) is 5.17. The van der Waals surface area contributed by atoms with Crippen molar-refractivity contribution in [2.24, 2.45) is 0 Å². The summed E-state index contributed by atoms with van der Waals surface area (Å²) in [4.78, 5) is 24.6. The van der Waals surface area contributed by atoms with Crippen molar-refractivity contribution < 1.29 is 9.53 Å². The molecule has 1 aliphatic heterocycles. The van der Waals surface area contributed by atoms with Crippen LogP contribution in [0.4, 0.5) is 5.95 Å². The fourth-order valence-corrected chi connectivity index (χ4v) is 3.26. The van der Waals surface area contributed by atoms with Gasteiger partial charge in [-0.25, -0.2) is 4.98 Å². The van der Waals surface area contributed by atoms with E-state index in [1.807, 2.05) is 6.92 Å². The monoisotopic (exact) mass is 369 g/mol. The minimum Gasteiger partial charge on any atom is -0.481 e. The molecule has 1 aliphatic rings. The van der Waals surface area contributed by atoms with Crippen LogP contribution in [0.2, 0.25) is 0 Å². The van der Waals surface area contributed by atoms with E-state index in [4.69, 9.17) is 4.74 Å². The Morgan fingerprint density at radius 3 is 2.52 bits per heavy atom. The highest BCUT2D eigenvalue weighted by Gasteiger charge is 2.19. The average Bonchev–Trinajstić information content (AvgIpc) is 2.68. The first-order chi connectivity index (χ1) is 13.0. The van der Waals surface area contributed by atoms with E-state index in [1.165, 1.54) is 5.56 Å². The van der Waals surface area contributed by atoms with Gasteiger partial charge in [-0.05, 0) is 18.1 Å². The summed E-state index contributed by atoms with van der Waals surface area (Å²) >= 11 is 0. The van der Waals surface area contributed by atoms with Gasteiger partial charge in [0.25, 0.3) is 0 Å². The van der Waals surface area contributed by atoms with Crippen molar-refractivity contribution in [2.75, 3.05) is 38.2 Å². The standard InChI is InChI=1S/C20H27N5O2/c1-15(22-16(2)26)18-6-4-17(5-7-18)14-24-10-12-25(13-11-24)20-21-9-8-19(23-20)27-3/h4-9,15H,10-14H2,1-3H3,(H,22,26). The summed E-state index contributed by atoms with van der Waals surface area (Å²) in [5.41, 5.74) is 2.40. The van der Waals surface area contributed by atoms with E-state index >= 15 is 0 Å². The third-order valence-corrected chi connectivity index (χ3v) is 4.79. The summed E-state index contributed by atoms with van der Waals surface area (Å²) < 4.78 is 5.18. The number of nitrogens with one attached hydrogen (secondary N) is 1. The van der Waals surface area contributed by atoms with Crippen LogP contribution in [0.25, 0.3) is 0 Å². The molecule has 2 heterocycles. The second-order valence-electron chi connectivity index (χ2n) is 6.83. The normalized spacial score (nSPS) is 16.0. The number of aromatic nitrogens is 2. The van der Waals surface area contributed by atoms with Crippen LogP contribution in [-0.2, 0) is 11.3 Å². The lowest BCUT2D eigenvalue weighted by atomic mass is 10.1. The molecule has 1 amide bonds. The molecule has 0 aliphatic carbocycles. The maximum absolute atomic E-state index is 11.2. The molecule has 0 bridgehead atoms. The number of carbonyl (C=O) groups is 1. The number of ether oxygens (including phenoxy) is 1. The number of piperazine rings is 1. The molecule has 1 aromatic heterocycles. The summed E-state index contributed by atoms with van der Waals surface area (Å²) in [6, 6.07) is 10.3. The lowest BCUT2D eigenvalue weighted by molar-refractivity contribution is -0.119. The number of anilines is 1. The number of hydrogen-bond acceptors (Lipinski definition) is 6. The molecule has 0 spiro atoms. The quantitative estimate of drug-likeness (QED) is 0.840. The minimum absolute atomic E-state index is 0.00976. The summed E-state index contributed by atoms with van der Waals surface area (Å²) in [5.74, 6) is 1.31. The van der Waals surface area contributed by atoms with Crippen molar-refractivity contribution in [2.45, 2.75) is 26.4 Å². The van der Waals surface area contributed by atoms with Crippen LogP contribution in [-0.4, -0.2) is 54.1 Å². The molecule has 1 N–H and O–H groups in total. The van der Waals surface area contributed by atoms with Crippen molar-refractivity contribution in [3.8, 4) is 5.88 Å². The van der Waals surface area contributed by atoms with Gasteiger partial charge in [0.05, 0.1) is 13.2 Å². The highest BCUT2D eigenvalue weighted by Crippen LogP contribution is 2.17. The van der Waals surface area contributed by atoms with Gasteiger partial charge in [0, 0.05) is 51.9 Å². The van der Waals surface area contributed by atoms with Crippen LogP contribution in [0.1, 0.15) is 31.0 Å². The van der Waals surface area contributed by atoms with Gasteiger partial charge in [-0.3, -0.25) is 9.69 Å². The summed E-state index contributed by atoms with van der Waals surface area (Å²) in [5, 5.41) is 2.91. The number of methoxy groups -OCH3 is 1. The second-order valence-corrected chi connectivity index (χ2v) is 6.83. The molecular weight excluding hydrogens is 342 g/mol. The SMILES string of the molecule is COc1ccnc(N2CCN(Cc3ccc(C(C)NC(C)=O)cc3)CC2)n1. The number of nitrogens with zero attached hydrogens (tertiary/aromatic N) is 4. The molecule has 1 atom stereocenters. The van der Waals surface area contributed by atoms with Crippen molar-refractivity contribution in [3.63, 3.8) is 0 Å². The number of benzene rings is 1. The Labute approximate surface area is 160 Å². The lowest BCUT2D eigenvalue weighted by Gasteiger charge is -2.34. The first-order valence-electron chi connectivity index (χ1n) is 9.25. The van der Waals surface area contributed by atoms with Crippen LogP contribution in [0.15, 0.2) is 36.5 Å². The molecule has 1 unspecified atom stereocenters. The minimum atomic E-state index is -0.00976. The summed E-state index contributed by atoms with van der Waals surface area (Å²) in [6.45, 7) is 8.17. The van der Waals surface area contributed by atoms with E-state index < -0.39 is 0 Å². The van der Waals surface area contributed by atoms with Gasteiger partial charge in [0.2, 0.25) is 17.7 Å². The molecule has 0 radical (unpaired) electrons. The van der Waals surface area contributed by atoms with Gasteiger partial charge in [-0.15, -0.1) is 0 Å². The molecule has 27 heavy (non-hydrogen) atoms. The Morgan fingerprint density at radius 2 is 1.89 bits per heavy atom. The zero-order valence-electron chi connectivity index (χ0n) is 16.2. The van der Waals surface area contributed by atoms with Crippen LogP contribution in [0.3, 0.4) is 0 Å². The molecule has 7 nitrogen and oxygen atoms in total. The van der Waals surface area contributed by atoms with Gasteiger partial charge in [-0.2, -0.15) is 4.98 Å². The van der Waals surface area contributed by atoms with Gasteiger partial charge >= 0.3 is 0 Å². The Hall–Kier alpha value is -2.67. The topological polar surface area (TPSA) is 70.6 Å². The molecule has 7 heteroatoms. The molecule has 1 fully saturated rings. The van der Waals surface area contributed by atoms with E-state index in [0.29, 0.717) is 5.88 Å². The third-order valence-electron chi connectivity index (χ3n) is 4.79. The van der Waals surface area contributed by atoms with Crippen LogP contribution < -0.4 is 15.0 Å². The smallest absolute Gasteiger partial charge is 0.228 e. The van der Waals surface area contributed by atoms with E-state index in [2.05, 4.69) is 49.4 Å². The van der Waals surface area contributed by atoms with Crippen molar-refractivity contribution >= 4 is 11.9 Å². The molecule has 144 valence electrons. The average molecular weight is 369 g/mol. The number of rotatable bonds is 6. The molecule has 2 aromatic rings. The predicted octanol–water partition coefficient (Wildman–Crippen LogP) is 2.00. The van der Waals surface area contributed by atoms with Gasteiger partial charge in [0.1, 0.15) is 0 Å². The van der Waals surface area contributed by atoms with E-state index in [1.54, 1.807) is 26.3 Å². The van der Waals surface area contributed by atoms with Crippen LogP contribution in [0, 0.1) is 0 Å². The van der Waals surface area contributed by atoms with Gasteiger partial charge < -0.3 is 15.0 Å². The van der Waals surface area contributed by atoms with E-state index in [0.717, 1.165) is 44.2 Å². The fourth-order valence-electron chi connectivity index (χ4n) is 3.26.